The summed E-state index contributed by atoms with van der Waals surface area (Å²) in [7, 11) is 3.69. The van der Waals surface area contributed by atoms with Crippen LogP contribution in [-0.4, -0.2) is 37.5 Å². The number of amides is 2. The molecule has 0 spiro atoms. The third-order valence-corrected chi connectivity index (χ3v) is 4.33. The van der Waals surface area contributed by atoms with E-state index < -0.39 is 6.04 Å². The van der Waals surface area contributed by atoms with E-state index in [0.29, 0.717) is 28.6 Å². The fraction of sp³-hybridized carbons (Fsp3) is 0.222. The van der Waals surface area contributed by atoms with Gasteiger partial charge in [0.15, 0.2) is 0 Å². The Morgan fingerprint density at radius 3 is 2.60 bits per heavy atom. The van der Waals surface area contributed by atoms with Crippen LogP contribution in [0.3, 0.4) is 0 Å². The van der Waals surface area contributed by atoms with Crippen LogP contribution < -0.4 is 16.0 Å². The van der Waals surface area contributed by atoms with Crippen LogP contribution in [0.25, 0.3) is 0 Å². The second-order valence-electron chi connectivity index (χ2n) is 6.00. The van der Waals surface area contributed by atoms with Gasteiger partial charge < -0.3 is 16.0 Å². The van der Waals surface area contributed by atoms with E-state index in [-0.39, 0.29) is 11.8 Å². The number of anilines is 2. The van der Waals surface area contributed by atoms with Crippen LogP contribution in [0.2, 0.25) is 5.02 Å². The fourth-order valence-corrected chi connectivity index (χ4v) is 3.05. The zero-order valence-electron chi connectivity index (χ0n) is 14.0. The number of likely N-dealkylation sites (N-methyl/N-ethyl adjacent to an activating group) is 1. The Bertz CT molecular complexity index is 808. The molecule has 0 radical (unpaired) electrons. The molecule has 0 fully saturated rings. The average Bonchev–Trinajstić information content (AvgIpc) is 2.57. The van der Waals surface area contributed by atoms with E-state index in [1.54, 1.807) is 12.1 Å². The number of carbonyl (C=O) groups is 2. The number of benzene rings is 2. The molecule has 1 unspecified atom stereocenters. The highest BCUT2D eigenvalue weighted by Crippen LogP contribution is 2.31. The highest BCUT2D eigenvalue weighted by molar-refractivity contribution is 6.34. The lowest BCUT2D eigenvalue weighted by Gasteiger charge is -2.25. The summed E-state index contributed by atoms with van der Waals surface area (Å²) in [6, 6.07) is 12.3. The van der Waals surface area contributed by atoms with Crippen LogP contribution in [0.4, 0.5) is 11.4 Å². The molecule has 3 rings (SSSR count). The van der Waals surface area contributed by atoms with E-state index in [1.807, 2.05) is 49.3 Å². The monoisotopic (exact) mass is 358 g/mol. The first-order valence-electron chi connectivity index (χ1n) is 7.85. The summed E-state index contributed by atoms with van der Waals surface area (Å²) in [5.74, 6) is -0.387. The second-order valence-corrected chi connectivity index (χ2v) is 6.41. The zero-order chi connectivity index (χ0) is 18.0. The maximum Gasteiger partial charge on any atom is 0.254 e. The van der Waals surface area contributed by atoms with Crippen molar-refractivity contribution < 1.29 is 9.59 Å². The van der Waals surface area contributed by atoms with Crippen LogP contribution in [0.5, 0.6) is 0 Å². The first-order valence-corrected chi connectivity index (χ1v) is 8.23. The standard InChI is InChI=1S/C18H19ClN4O2/c1-23(2)16(11-6-4-3-5-7-11)18(25)22-15-9-14-12(8-13(15)19)17(24)21-10-20-14/h3-9,16,20H,10H2,1-2H3,(H,21,24)(H,22,25). The number of fused-ring (bicyclic) bond motifs is 1. The molecule has 0 aromatic heterocycles. The van der Waals surface area contributed by atoms with Gasteiger partial charge in [-0.3, -0.25) is 14.5 Å². The Labute approximate surface area is 151 Å². The van der Waals surface area contributed by atoms with E-state index in [2.05, 4.69) is 16.0 Å². The minimum Gasteiger partial charge on any atom is -0.367 e. The van der Waals surface area contributed by atoms with Gasteiger partial charge >= 0.3 is 0 Å². The van der Waals surface area contributed by atoms with Crippen molar-refractivity contribution >= 4 is 34.8 Å². The molecule has 2 aromatic rings. The molecule has 130 valence electrons. The van der Waals surface area contributed by atoms with Gasteiger partial charge in [0.05, 0.1) is 28.6 Å². The van der Waals surface area contributed by atoms with Crippen molar-refractivity contribution in [1.29, 1.82) is 0 Å². The number of nitrogens with zero attached hydrogens (tertiary/aromatic N) is 1. The highest BCUT2D eigenvalue weighted by Gasteiger charge is 2.25. The van der Waals surface area contributed by atoms with E-state index >= 15 is 0 Å². The van der Waals surface area contributed by atoms with Gasteiger partial charge in [-0.15, -0.1) is 0 Å². The third-order valence-electron chi connectivity index (χ3n) is 4.02. The molecule has 0 saturated carbocycles. The summed E-state index contributed by atoms with van der Waals surface area (Å²) in [5, 5.41) is 8.93. The Kier molecular flexibility index (Phi) is 4.92. The highest BCUT2D eigenvalue weighted by atomic mass is 35.5. The summed E-state index contributed by atoms with van der Waals surface area (Å²) in [6.45, 7) is 0.338. The van der Waals surface area contributed by atoms with Gasteiger partial charge in [0.2, 0.25) is 5.91 Å². The van der Waals surface area contributed by atoms with E-state index in [0.717, 1.165) is 5.56 Å². The Morgan fingerprint density at radius 1 is 1.20 bits per heavy atom. The Morgan fingerprint density at radius 2 is 1.92 bits per heavy atom. The first-order chi connectivity index (χ1) is 12.0. The Balaban J connectivity index is 1.88. The zero-order valence-corrected chi connectivity index (χ0v) is 14.7. The molecule has 0 aliphatic carbocycles. The average molecular weight is 359 g/mol. The number of rotatable bonds is 4. The largest absolute Gasteiger partial charge is 0.367 e. The lowest BCUT2D eigenvalue weighted by molar-refractivity contribution is -0.120. The quantitative estimate of drug-likeness (QED) is 0.785. The molecule has 1 heterocycles. The number of carbonyl (C=O) groups excluding carboxylic acids is 2. The number of hydrogen-bond donors (Lipinski definition) is 3. The van der Waals surface area contributed by atoms with Crippen molar-refractivity contribution in [3.63, 3.8) is 0 Å². The lowest BCUT2D eigenvalue weighted by atomic mass is 10.0. The molecule has 2 aromatic carbocycles. The molecule has 2 amide bonds. The summed E-state index contributed by atoms with van der Waals surface area (Å²) in [4.78, 5) is 26.5. The molecule has 3 N–H and O–H groups in total. The molecule has 0 saturated heterocycles. The number of hydrogen-bond acceptors (Lipinski definition) is 4. The van der Waals surface area contributed by atoms with Crippen molar-refractivity contribution in [2.75, 3.05) is 31.4 Å². The molecular formula is C18H19ClN4O2. The van der Waals surface area contributed by atoms with Crippen molar-refractivity contribution in [2.45, 2.75) is 6.04 Å². The molecular weight excluding hydrogens is 340 g/mol. The summed E-state index contributed by atoms with van der Waals surface area (Å²) >= 11 is 6.26. The molecule has 6 nitrogen and oxygen atoms in total. The summed E-state index contributed by atoms with van der Waals surface area (Å²) < 4.78 is 0. The minimum absolute atomic E-state index is 0.191. The second kappa shape index (κ2) is 7.13. The minimum atomic E-state index is -0.454. The summed E-state index contributed by atoms with van der Waals surface area (Å²) in [6.07, 6.45) is 0. The van der Waals surface area contributed by atoms with Gasteiger partial charge in [-0.05, 0) is 31.8 Å². The summed E-state index contributed by atoms with van der Waals surface area (Å²) in [5.41, 5.74) is 2.46. The maximum absolute atomic E-state index is 12.8. The van der Waals surface area contributed by atoms with E-state index in [4.69, 9.17) is 11.6 Å². The van der Waals surface area contributed by atoms with Crippen molar-refractivity contribution in [3.8, 4) is 0 Å². The molecule has 25 heavy (non-hydrogen) atoms. The SMILES string of the molecule is CN(C)C(C(=O)Nc1cc2c(cc1Cl)C(=O)NCN2)c1ccccc1. The normalized spacial score (nSPS) is 14.3. The Hall–Kier alpha value is -2.57. The van der Waals surface area contributed by atoms with E-state index in [9.17, 15) is 9.59 Å². The van der Waals surface area contributed by atoms with Gasteiger partial charge in [0, 0.05) is 0 Å². The topological polar surface area (TPSA) is 73.5 Å². The third kappa shape index (κ3) is 3.60. The van der Waals surface area contributed by atoms with Gasteiger partial charge in [-0.2, -0.15) is 0 Å². The van der Waals surface area contributed by atoms with Crippen LogP contribution in [0.1, 0.15) is 22.0 Å². The van der Waals surface area contributed by atoms with Crippen molar-refractivity contribution in [3.05, 3.63) is 58.6 Å². The number of nitrogens with one attached hydrogen (secondary N) is 3. The molecule has 7 heteroatoms. The van der Waals surface area contributed by atoms with Crippen molar-refractivity contribution in [1.82, 2.24) is 10.2 Å². The smallest absolute Gasteiger partial charge is 0.254 e. The maximum atomic E-state index is 12.8. The van der Waals surface area contributed by atoms with Crippen LogP contribution in [0.15, 0.2) is 42.5 Å². The van der Waals surface area contributed by atoms with Crippen molar-refractivity contribution in [2.24, 2.45) is 0 Å². The predicted octanol–water partition coefficient (Wildman–Crippen LogP) is 2.69. The van der Waals surface area contributed by atoms with Gasteiger partial charge in [-0.1, -0.05) is 41.9 Å². The first kappa shape index (κ1) is 17.3. The van der Waals surface area contributed by atoms with Crippen LogP contribution in [0, 0.1) is 0 Å². The van der Waals surface area contributed by atoms with Crippen LogP contribution >= 0.6 is 11.6 Å². The number of halogens is 1. The molecule has 1 aliphatic heterocycles. The molecule has 0 bridgehead atoms. The van der Waals surface area contributed by atoms with Crippen LogP contribution in [-0.2, 0) is 4.79 Å². The molecule has 1 aliphatic rings. The van der Waals surface area contributed by atoms with Gasteiger partial charge in [0.25, 0.3) is 5.91 Å². The fourth-order valence-electron chi connectivity index (χ4n) is 2.84. The van der Waals surface area contributed by atoms with Gasteiger partial charge in [0.1, 0.15) is 6.04 Å². The predicted molar refractivity (Wildman–Crippen MR) is 98.9 cm³/mol. The van der Waals surface area contributed by atoms with Gasteiger partial charge in [-0.25, -0.2) is 0 Å². The molecule has 1 atom stereocenters. The lowest BCUT2D eigenvalue weighted by Crippen LogP contribution is -2.35. The van der Waals surface area contributed by atoms with E-state index in [1.165, 1.54) is 0 Å².